The van der Waals surface area contributed by atoms with Crippen LogP contribution in [0.15, 0.2) is 71.6 Å². The first-order valence-corrected chi connectivity index (χ1v) is 14.8. The highest BCUT2D eigenvalue weighted by molar-refractivity contribution is 7.89. The topological polar surface area (TPSA) is 79.8 Å². The van der Waals surface area contributed by atoms with Crippen LogP contribution in [-0.4, -0.2) is 43.3 Å². The summed E-state index contributed by atoms with van der Waals surface area (Å²) in [5.41, 5.74) is 3.39. The van der Waals surface area contributed by atoms with E-state index in [9.17, 15) is 13.2 Å². The molecule has 1 aromatic heterocycles. The zero-order valence-electron chi connectivity index (χ0n) is 20.3. The lowest BCUT2D eigenvalue weighted by Crippen LogP contribution is -2.35. The molecule has 1 fully saturated rings. The third-order valence-electron chi connectivity index (χ3n) is 7.01. The second-order valence-corrected chi connectivity index (χ2v) is 12.4. The van der Waals surface area contributed by atoms with Crippen molar-refractivity contribution < 1.29 is 17.9 Å². The van der Waals surface area contributed by atoms with Crippen molar-refractivity contribution in [3.05, 3.63) is 83.4 Å². The normalized spacial score (nSPS) is 16.5. The van der Waals surface area contributed by atoms with Gasteiger partial charge in [0.05, 0.1) is 20.7 Å². The minimum Gasteiger partial charge on any atom is -0.423 e. The molecular formula is C28H27N3O4S2. The van der Waals surface area contributed by atoms with Crippen LogP contribution < -0.4 is 9.64 Å². The SMILES string of the molecule is O=C(Oc1ccc2nc(N3CCCCC3)sc2c1)c1ccc(S(=O)(=O)N2CCc3ccccc3C2)cc1. The summed E-state index contributed by atoms with van der Waals surface area (Å²) >= 11 is 1.61. The monoisotopic (exact) mass is 533 g/mol. The molecule has 0 unspecified atom stereocenters. The van der Waals surface area contributed by atoms with Crippen LogP contribution in [0.3, 0.4) is 0 Å². The Labute approximate surface area is 220 Å². The van der Waals surface area contributed by atoms with Crippen molar-refractivity contribution in [2.75, 3.05) is 24.5 Å². The minimum absolute atomic E-state index is 0.166. The van der Waals surface area contributed by atoms with E-state index >= 15 is 0 Å². The van der Waals surface area contributed by atoms with Gasteiger partial charge in [0, 0.05) is 32.2 Å². The van der Waals surface area contributed by atoms with Gasteiger partial charge in [0.1, 0.15) is 5.75 Å². The van der Waals surface area contributed by atoms with Gasteiger partial charge in [-0.1, -0.05) is 35.6 Å². The van der Waals surface area contributed by atoms with Crippen molar-refractivity contribution in [2.45, 2.75) is 37.1 Å². The number of thiazole rings is 1. The molecule has 0 N–H and O–H groups in total. The Bertz CT molecular complexity index is 1560. The maximum atomic E-state index is 13.2. The largest absolute Gasteiger partial charge is 0.423 e. The van der Waals surface area contributed by atoms with Crippen molar-refractivity contribution in [3.63, 3.8) is 0 Å². The van der Waals surface area contributed by atoms with Crippen molar-refractivity contribution in [1.82, 2.24) is 9.29 Å². The van der Waals surface area contributed by atoms with Gasteiger partial charge in [-0.15, -0.1) is 0 Å². The smallest absolute Gasteiger partial charge is 0.343 e. The predicted octanol–water partition coefficient (Wildman–Crippen LogP) is 5.25. The first-order chi connectivity index (χ1) is 18.0. The van der Waals surface area contributed by atoms with E-state index in [1.165, 1.54) is 53.4 Å². The van der Waals surface area contributed by atoms with Gasteiger partial charge in [-0.05, 0) is 73.2 Å². The summed E-state index contributed by atoms with van der Waals surface area (Å²) in [5, 5.41) is 1.01. The number of rotatable bonds is 5. The van der Waals surface area contributed by atoms with Crippen LogP contribution in [0.1, 0.15) is 40.7 Å². The van der Waals surface area contributed by atoms with Crippen LogP contribution in [0.4, 0.5) is 5.13 Å². The first kappa shape index (κ1) is 24.1. The fraction of sp³-hybridized carbons (Fsp3) is 0.286. The zero-order valence-corrected chi connectivity index (χ0v) is 21.9. The van der Waals surface area contributed by atoms with Gasteiger partial charge >= 0.3 is 5.97 Å². The van der Waals surface area contributed by atoms with Gasteiger partial charge in [0.2, 0.25) is 10.0 Å². The summed E-state index contributed by atoms with van der Waals surface area (Å²) in [6, 6.07) is 19.3. The van der Waals surface area contributed by atoms with Crippen LogP contribution in [0.5, 0.6) is 5.75 Å². The number of sulfonamides is 1. The van der Waals surface area contributed by atoms with E-state index < -0.39 is 16.0 Å². The summed E-state index contributed by atoms with van der Waals surface area (Å²) in [6.45, 7) is 2.83. The van der Waals surface area contributed by atoms with Crippen molar-refractivity contribution in [3.8, 4) is 5.75 Å². The van der Waals surface area contributed by atoms with Gasteiger partial charge in [0.15, 0.2) is 5.13 Å². The highest BCUT2D eigenvalue weighted by Gasteiger charge is 2.28. The second kappa shape index (κ2) is 9.89. The average Bonchev–Trinajstić information content (AvgIpc) is 3.37. The molecule has 3 heterocycles. The van der Waals surface area contributed by atoms with E-state index in [0.717, 1.165) is 34.0 Å². The Morgan fingerprint density at radius 2 is 1.65 bits per heavy atom. The Balaban J connectivity index is 1.15. The number of esters is 1. The highest BCUT2D eigenvalue weighted by Crippen LogP contribution is 2.33. The molecule has 190 valence electrons. The van der Waals surface area contributed by atoms with Crippen molar-refractivity contribution >= 4 is 42.7 Å². The Morgan fingerprint density at radius 3 is 2.43 bits per heavy atom. The van der Waals surface area contributed by atoms with E-state index in [1.807, 2.05) is 36.4 Å². The number of anilines is 1. The lowest BCUT2D eigenvalue weighted by molar-refractivity contribution is 0.0735. The molecule has 7 nitrogen and oxygen atoms in total. The van der Waals surface area contributed by atoms with Crippen LogP contribution in [0, 0.1) is 0 Å². The summed E-state index contributed by atoms with van der Waals surface area (Å²) in [7, 11) is -3.67. The van der Waals surface area contributed by atoms with Gasteiger partial charge < -0.3 is 9.64 Å². The lowest BCUT2D eigenvalue weighted by Gasteiger charge is -2.28. The molecule has 6 rings (SSSR count). The molecule has 0 bridgehead atoms. The van der Waals surface area contributed by atoms with Crippen LogP contribution in [0.2, 0.25) is 0 Å². The van der Waals surface area contributed by atoms with E-state index in [-0.39, 0.29) is 4.90 Å². The molecule has 0 spiro atoms. The molecule has 0 aliphatic carbocycles. The number of piperidine rings is 1. The first-order valence-electron chi connectivity index (χ1n) is 12.5. The maximum absolute atomic E-state index is 13.2. The number of aromatic nitrogens is 1. The zero-order chi connectivity index (χ0) is 25.4. The van der Waals surface area contributed by atoms with Crippen LogP contribution in [-0.2, 0) is 23.0 Å². The van der Waals surface area contributed by atoms with E-state index in [2.05, 4.69) is 4.90 Å². The fourth-order valence-corrected chi connectivity index (χ4v) is 7.39. The Kier molecular flexibility index (Phi) is 6.44. The number of hydrogen-bond acceptors (Lipinski definition) is 7. The van der Waals surface area contributed by atoms with Crippen LogP contribution in [0.25, 0.3) is 10.2 Å². The maximum Gasteiger partial charge on any atom is 0.343 e. The summed E-state index contributed by atoms with van der Waals surface area (Å²) in [5.74, 6) is -0.0917. The molecule has 0 amide bonds. The van der Waals surface area contributed by atoms with E-state index in [1.54, 1.807) is 17.4 Å². The quantitative estimate of drug-likeness (QED) is 0.257. The molecule has 9 heteroatoms. The van der Waals surface area contributed by atoms with E-state index in [0.29, 0.717) is 30.8 Å². The summed E-state index contributed by atoms with van der Waals surface area (Å²) in [4.78, 5) is 20.0. The minimum atomic E-state index is -3.67. The Morgan fingerprint density at radius 1 is 0.892 bits per heavy atom. The number of ether oxygens (including phenoxy) is 1. The molecule has 0 atom stereocenters. The number of benzene rings is 3. The van der Waals surface area contributed by atoms with Gasteiger partial charge in [-0.25, -0.2) is 18.2 Å². The van der Waals surface area contributed by atoms with Gasteiger partial charge in [-0.2, -0.15) is 4.31 Å². The second-order valence-electron chi connectivity index (χ2n) is 9.44. The fourth-order valence-electron chi connectivity index (χ4n) is 4.93. The lowest BCUT2D eigenvalue weighted by atomic mass is 10.0. The number of carbonyl (C=O) groups is 1. The third kappa shape index (κ3) is 4.86. The highest BCUT2D eigenvalue weighted by atomic mass is 32.2. The van der Waals surface area contributed by atoms with Gasteiger partial charge in [-0.3, -0.25) is 0 Å². The summed E-state index contributed by atoms with van der Waals surface area (Å²) in [6.07, 6.45) is 4.32. The predicted molar refractivity (Wildman–Crippen MR) is 145 cm³/mol. The number of hydrogen-bond donors (Lipinski definition) is 0. The number of carbonyl (C=O) groups excluding carboxylic acids is 1. The molecule has 1 saturated heterocycles. The van der Waals surface area contributed by atoms with Crippen molar-refractivity contribution in [2.24, 2.45) is 0 Å². The molecule has 4 aromatic rings. The average molecular weight is 534 g/mol. The molecule has 2 aliphatic rings. The standard InChI is InChI=1S/C28H27N3O4S2/c32-27(35-23-10-13-25-26(18-23)36-28(29-25)30-15-4-1-5-16-30)21-8-11-24(12-9-21)37(33,34)31-17-14-20-6-2-3-7-22(20)19-31/h2-3,6-13,18H,1,4-5,14-17,19H2. The molecular weight excluding hydrogens is 506 g/mol. The molecule has 2 aliphatic heterocycles. The summed E-state index contributed by atoms with van der Waals surface area (Å²) < 4.78 is 34.5. The van der Waals surface area contributed by atoms with Gasteiger partial charge in [0.25, 0.3) is 0 Å². The molecule has 3 aromatic carbocycles. The molecule has 0 radical (unpaired) electrons. The number of fused-ring (bicyclic) bond motifs is 2. The number of nitrogens with zero attached hydrogens (tertiary/aromatic N) is 3. The van der Waals surface area contributed by atoms with Crippen molar-refractivity contribution in [1.29, 1.82) is 0 Å². The Hall–Kier alpha value is -3.27. The molecule has 37 heavy (non-hydrogen) atoms. The third-order valence-corrected chi connectivity index (χ3v) is 9.95. The van der Waals surface area contributed by atoms with E-state index in [4.69, 9.17) is 9.72 Å². The molecule has 0 saturated carbocycles. The van der Waals surface area contributed by atoms with Crippen LogP contribution >= 0.6 is 11.3 Å².